The van der Waals surface area contributed by atoms with Crippen LogP contribution in [0.15, 0.2) is 25.2 Å². The van der Waals surface area contributed by atoms with E-state index in [-0.39, 0.29) is 0 Å². The zero-order chi connectivity index (χ0) is 12.3. The first-order valence-electron chi connectivity index (χ1n) is 5.27. The van der Waals surface area contributed by atoms with Crippen molar-refractivity contribution < 1.29 is 0 Å². The lowest BCUT2D eigenvalue weighted by Crippen LogP contribution is -2.22. The highest BCUT2D eigenvalue weighted by molar-refractivity contribution is 9.12. The van der Waals surface area contributed by atoms with E-state index in [1.807, 2.05) is 11.6 Å². The van der Waals surface area contributed by atoms with Gasteiger partial charge in [0.15, 0.2) is 0 Å². The quantitative estimate of drug-likeness (QED) is 0.798. The van der Waals surface area contributed by atoms with Crippen molar-refractivity contribution in [3.05, 3.63) is 35.8 Å². The minimum atomic E-state index is 0.322. The van der Waals surface area contributed by atoms with Crippen LogP contribution in [0.3, 0.4) is 0 Å². The Morgan fingerprint density at radius 2 is 2.29 bits per heavy atom. The summed E-state index contributed by atoms with van der Waals surface area (Å²) < 4.78 is 2.34. The third-order valence-electron chi connectivity index (χ3n) is 2.37. The van der Waals surface area contributed by atoms with Crippen LogP contribution in [0.5, 0.6) is 0 Å². The van der Waals surface area contributed by atoms with E-state index in [4.69, 9.17) is 0 Å². The van der Waals surface area contributed by atoms with Gasteiger partial charge in [0.05, 0.1) is 12.6 Å². The second kappa shape index (κ2) is 6.43. The van der Waals surface area contributed by atoms with Gasteiger partial charge in [-0.15, -0.1) is 22.7 Å². The predicted octanol–water partition coefficient (Wildman–Crippen LogP) is 4.62. The Labute approximate surface area is 126 Å². The predicted molar refractivity (Wildman–Crippen MR) is 82.0 cm³/mol. The molecule has 92 valence electrons. The van der Waals surface area contributed by atoms with Crippen molar-refractivity contribution in [2.24, 2.45) is 0 Å². The largest absolute Gasteiger partial charge is 0.310 e. The van der Waals surface area contributed by atoms with Crippen LogP contribution in [0, 0.1) is 0 Å². The van der Waals surface area contributed by atoms with E-state index in [0.717, 1.165) is 16.8 Å². The number of aromatic nitrogens is 1. The molecule has 1 unspecified atom stereocenters. The Balaban J connectivity index is 2.19. The lowest BCUT2D eigenvalue weighted by Gasteiger charge is -2.16. The van der Waals surface area contributed by atoms with Gasteiger partial charge in [-0.3, -0.25) is 0 Å². The smallest absolute Gasteiger partial charge is 0.0943 e. The molecule has 1 N–H and O–H groups in total. The topological polar surface area (TPSA) is 24.9 Å². The number of halogens is 2. The fourth-order valence-electron chi connectivity index (χ4n) is 1.66. The molecule has 0 fully saturated rings. The molecule has 0 bridgehead atoms. The van der Waals surface area contributed by atoms with Gasteiger partial charge in [0.1, 0.15) is 0 Å². The number of thiazole rings is 1. The fourth-order valence-corrected chi connectivity index (χ4v) is 5.29. The van der Waals surface area contributed by atoms with Crippen LogP contribution in [-0.2, 0) is 6.42 Å². The van der Waals surface area contributed by atoms with E-state index in [1.54, 1.807) is 22.7 Å². The average molecular weight is 396 g/mol. The molecule has 0 radical (unpaired) electrons. The highest BCUT2D eigenvalue weighted by Crippen LogP contribution is 2.36. The van der Waals surface area contributed by atoms with Gasteiger partial charge >= 0.3 is 0 Å². The molecule has 0 spiro atoms. The number of rotatable bonds is 5. The molecular weight excluding hydrogens is 384 g/mol. The van der Waals surface area contributed by atoms with Crippen molar-refractivity contribution in [3.8, 4) is 0 Å². The molecule has 2 aromatic rings. The Morgan fingerprint density at radius 1 is 1.47 bits per heavy atom. The van der Waals surface area contributed by atoms with Crippen LogP contribution >= 0.6 is 54.5 Å². The summed E-state index contributed by atoms with van der Waals surface area (Å²) >= 11 is 10.6. The molecule has 0 aliphatic rings. The molecule has 0 aromatic carbocycles. The van der Waals surface area contributed by atoms with Gasteiger partial charge in [-0.05, 0) is 50.0 Å². The highest BCUT2D eigenvalue weighted by atomic mass is 79.9. The van der Waals surface area contributed by atoms with Crippen molar-refractivity contribution in [2.45, 2.75) is 19.4 Å². The van der Waals surface area contributed by atoms with Crippen molar-refractivity contribution >= 4 is 54.5 Å². The van der Waals surface area contributed by atoms with Gasteiger partial charge in [0.2, 0.25) is 0 Å². The SMILES string of the molecule is CCNC(Cc1nccs1)c1cc(Br)sc1Br. The summed E-state index contributed by atoms with van der Waals surface area (Å²) in [5, 5.41) is 6.71. The van der Waals surface area contributed by atoms with Crippen LogP contribution in [0.1, 0.15) is 23.5 Å². The van der Waals surface area contributed by atoms with Crippen molar-refractivity contribution in [2.75, 3.05) is 6.54 Å². The van der Waals surface area contributed by atoms with Crippen molar-refractivity contribution in [3.63, 3.8) is 0 Å². The van der Waals surface area contributed by atoms with Crippen LogP contribution in [-0.4, -0.2) is 11.5 Å². The summed E-state index contributed by atoms with van der Waals surface area (Å²) in [5.74, 6) is 0. The van der Waals surface area contributed by atoms with E-state index >= 15 is 0 Å². The summed E-state index contributed by atoms with van der Waals surface area (Å²) in [7, 11) is 0. The highest BCUT2D eigenvalue weighted by Gasteiger charge is 2.17. The second-order valence-electron chi connectivity index (χ2n) is 3.52. The minimum absolute atomic E-state index is 0.322. The number of nitrogens with zero attached hydrogens (tertiary/aromatic N) is 1. The minimum Gasteiger partial charge on any atom is -0.310 e. The van der Waals surface area contributed by atoms with Gasteiger partial charge in [-0.2, -0.15) is 0 Å². The molecule has 0 saturated carbocycles. The molecule has 17 heavy (non-hydrogen) atoms. The first-order chi connectivity index (χ1) is 8.20. The number of likely N-dealkylation sites (N-methyl/N-ethyl adjacent to an activating group) is 1. The van der Waals surface area contributed by atoms with Crippen LogP contribution in [0.25, 0.3) is 0 Å². The molecule has 6 heteroatoms. The van der Waals surface area contributed by atoms with E-state index < -0.39 is 0 Å². The summed E-state index contributed by atoms with van der Waals surface area (Å²) in [6.07, 6.45) is 2.80. The van der Waals surface area contributed by atoms with Crippen LogP contribution in [0.2, 0.25) is 0 Å². The molecule has 2 aromatic heterocycles. The maximum atomic E-state index is 4.36. The van der Waals surface area contributed by atoms with Crippen molar-refractivity contribution in [1.82, 2.24) is 10.3 Å². The van der Waals surface area contributed by atoms with Crippen LogP contribution in [0.4, 0.5) is 0 Å². The summed E-state index contributed by atoms with van der Waals surface area (Å²) in [5.41, 5.74) is 1.30. The standard InChI is InChI=1S/C11H12Br2N2S2/c1-2-14-8(6-10-15-3-4-16-10)7-5-9(12)17-11(7)13/h3-5,8,14H,2,6H2,1H3. The van der Waals surface area contributed by atoms with Gasteiger partial charge in [0.25, 0.3) is 0 Å². The zero-order valence-electron chi connectivity index (χ0n) is 9.24. The molecule has 0 aliphatic carbocycles. The van der Waals surface area contributed by atoms with E-state index in [0.29, 0.717) is 6.04 Å². The lowest BCUT2D eigenvalue weighted by atomic mass is 10.1. The molecule has 2 nitrogen and oxygen atoms in total. The van der Waals surface area contributed by atoms with Gasteiger partial charge < -0.3 is 5.32 Å². The maximum Gasteiger partial charge on any atom is 0.0943 e. The summed E-state index contributed by atoms with van der Waals surface area (Å²) in [6, 6.07) is 2.50. The summed E-state index contributed by atoms with van der Waals surface area (Å²) in [4.78, 5) is 4.36. The molecule has 0 saturated heterocycles. The Morgan fingerprint density at radius 3 is 2.82 bits per heavy atom. The zero-order valence-corrected chi connectivity index (χ0v) is 14.0. The monoisotopic (exact) mass is 394 g/mol. The van der Waals surface area contributed by atoms with Crippen LogP contribution < -0.4 is 5.32 Å². The first-order valence-corrected chi connectivity index (χ1v) is 8.55. The van der Waals surface area contributed by atoms with Crippen molar-refractivity contribution in [1.29, 1.82) is 0 Å². The first kappa shape index (κ1) is 13.7. The Hall–Kier alpha value is 0.250. The van der Waals surface area contributed by atoms with E-state index in [1.165, 1.54) is 14.4 Å². The van der Waals surface area contributed by atoms with Gasteiger partial charge in [-0.25, -0.2) is 4.98 Å². The third kappa shape index (κ3) is 3.61. The maximum absolute atomic E-state index is 4.36. The lowest BCUT2D eigenvalue weighted by molar-refractivity contribution is 0.548. The number of thiophene rings is 1. The molecule has 2 rings (SSSR count). The molecule has 2 heterocycles. The normalized spacial score (nSPS) is 12.9. The second-order valence-corrected chi connectivity index (χ2v) is 8.25. The molecule has 0 aliphatic heterocycles. The van der Waals surface area contributed by atoms with Gasteiger partial charge in [-0.1, -0.05) is 6.92 Å². The number of hydrogen-bond acceptors (Lipinski definition) is 4. The Bertz CT molecular complexity index is 468. The average Bonchev–Trinajstić information content (AvgIpc) is 2.88. The van der Waals surface area contributed by atoms with Gasteiger partial charge in [0, 0.05) is 24.0 Å². The third-order valence-corrected chi connectivity index (χ3v) is 5.56. The summed E-state index contributed by atoms with van der Waals surface area (Å²) in [6.45, 7) is 3.08. The molecule has 0 amide bonds. The number of nitrogens with one attached hydrogen (secondary N) is 1. The fraction of sp³-hybridized carbons (Fsp3) is 0.364. The van der Waals surface area contributed by atoms with E-state index in [2.05, 4.69) is 55.2 Å². The molecular formula is C11H12Br2N2S2. The molecule has 1 atom stereocenters. The van der Waals surface area contributed by atoms with E-state index in [9.17, 15) is 0 Å². The number of hydrogen-bond donors (Lipinski definition) is 1. The Kier molecular flexibility index (Phi) is 5.17.